The van der Waals surface area contributed by atoms with Crippen molar-refractivity contribution in [3.63, 3.8) is 0 Å². The summed E-state index contributed by atoms with van der Waals surface area (Å²) in [6.07, 6.45) is 1.20. The van der Waals surface area contributed by atoms with Crippen LogP contribution in [0.1, 0.15) is 51.1 Å². The van der Waals surface area contributed by atoms with Gasteiger partial charge in [0.2, 0.25) is 5.91 Å². The van der Waals surface area contributed by atoms with Crippen LogP contribution in [0.15, 0.2) is 41.8 Å². The third-order valence-corrected chi connectivity index (χ3v) is 7.30. The zero-order valence-electron chi connectivity index (χ0n) is 18.6. The van der Waals surface area contributed by atoms with Crippen LogP contribution in [0.5, 0.6) is 0 Å². The molecule has 2 amide bonds. The molecule has 1 aromatic carbocycles. The summed E-state index contributed by atoms with van der Waals surface area (Å²) in [6.45, 7) is 4.52. The Hall–Kier alpha value is -3.04. The number of rotatable bonds is 5. The number of likely N-dealkylation sites (tertiary alicyclic amines) is 1. The van der Waals surface area contributed by atoms with E-state index in [4.69, 9.17) is 4.74 Å². The molecule has 1 N–H and O–H groups in total. The fourth-order valence-electron chi connectivity index (χ4n) is 4.39. The van der Waals surface area contributed by atoms with Crippen molar-refractivity contribution in [2.45, 2.75) is 45.6 Å². The second-order valence-corrected chi connectivity index (χ2v) is 9.67. The first-order chi connectivity index (χ1) is 16.1. The predicted molar refractivity (Wildman–Crippen MR) is 124 cm³/mol. The molecule has 33 heavy (non-hydrogen) atoms. The molecule has 9 heteroatoms. The van der Waals surface area contributed by atoms with E-state index in [1.165, 1.54) is 5.56 Å². The quantitative estimate of drug-likeness (QED) is 0.626. The minimum absolute atomic E-state index is 0.0621. The van der Waals surface area contributed by atoms with Gasteiger partial charge in [-0.1, -0.05) is 41.1 Å². The van der Waals surface area contributed by atoms with E-state index < -0.39 is 0 Å². The predicted octanol–water partition coefficient (Wildman–Crippen LogP) is 3.09. The van der Waals surface area contributed by atoms with Crippen molar-refractivity contribution in [2.24, 2.45) is 5.92 Å². The molecular weight excluding hydrogens is 438 g/mol. The number of amides is 2. The lowest BCUT2D eigenvalue weighted by Crippen LogP contribution is -2.43. The normalized spacial score (nSPS) is 18.7. The molecule has 8 nitrogen and oxygen atoms in total. The van der Waals surface area contributed by atoms with Gasteiger partial charge in [0.25, 0.3) is 5.91 Å². The largest absolute Gasteiger partial charge is 0.365 e. The first-order valence-electron chi connectivity index (χ1n) is 11.3. The Labute approximate surface area is 196 Å². The van der Waals surface area contributed by atoms with Crippen LogP contribution in [0.2, 0.25) is 0 Å². The number of thiophene rings is 1. The molecule has 0 saturated carbocycles. The van der Waals surface area contributed by atoms with Crippen molar-refractivity contribution < 1.29 is 14.3 Å². The molecule has 2 aliphatic heterocycles. The summed E-state index contributed by atoms with van der Waals surface area (Å²) in [7, 11) is 0. The highest BCUT2D eigenvalue weighted by molar-refractivity contribution is 7.09. The Morgan fingerprint density at radius 2 is 1.97 bits per heavy atom. The summed E-state index contributed by atoms with van der Waals surface area (Å²) < 4.78 is 7.83. The van der Waals surface area contributed by atoms with E-state index in [2.05, 4.69) is 46.8 Å². The third-order valence-electron chi connectivity index (χ3n) is 6.42. The van der Waals surface area contributed by atoms with Crippen LogP contribution in [0, 0.1) is 12.8 Å². The Morgan fingerprint density at radius 1 is 1.18 bits per heavy atom. The smallest absolute Gasteiger partial charge is 0.276 e. The highest BCUT2D eigenvalue weighted by Crippen LogP contribution is 2.28. The lowest BCUT2D eigenvalue weighted by Gasteiger charge is -2.31. The molecule has 4 heterocycles. The number of carbonyl (C=O) groups is 2. The lowest BCUT2D eigenvalue weighted by molar-refractivity contribution is -0.126. The topological polar surface area (TPSA) is 89.4 Å². The van der Waals surface area contributed by atoms with Crippen LogP contribution in [-0.4, -0.2) is 44.8 Å². The van der Waals surface area contributed by atoms with Crippen molar-refractivity contribution in [1.29, 1.82) is 0 Å². The van der Waals surface area contributed by atoms with E-state index in [0.717, 1.165) is 16.1 Å². The molecule has 0 aliphatic carbocycles. The van der Waals surface area contributed by atoms with Crippen molar-refractivity contribution in [2.75, 3.05) is 13.1 Å². The number of hydrogen-bond donors (Lipinski definition) is 1. The maximum Gasteiger partial charge on any atom is 0.276 e. The molecule has 0 bridgehead atoms. The van der Waals surface area contributed by atoms with Crippen LogP contribution in [0.25, 0.3) is 0 Å². The number of piperidine rings is 1. The number of nitrogens with one attached hydrogen (secondary N) is 1. The number of nitrogens with zero attached hydrogens (tertiary/aromatic N) is 4. The Bertz CT molecular complexity index is 1120. The van der Waals surface area contributed by atoms with Gasteiger partial charge in [-0.05, 0) is 36.8 Å². The number of fused-ring (bicyclic) bond motifs is 1. The maximum atomic E-state index is 13.1. The number of aromatic nitrogens is 3. The van der Waals surface area contributed by atoms with Gasteiger partial charge in [0, 0.05) is 23.9 Å². The van der Waals surface area contributed by atoms with Gasteiger partial charge in [0.15, 0.2) is 5.69 Å². The van der Waals surface area contributed by atoms with E-state index >= 15 is 0 Å². The number of benzene rings is 1. The Morgan fingerprint density at radius 3 is 2.70 bits per heavy atom. The van der Waals surface area contributed by atoms with Gasteiger partial charge in [-0.3, -0.25) is 9.59 Å². The summed E-state index contributed by atoms with van der Waals surface area (Å²) in [6, 6.07) is 12.3. The minimum Gasteiger partial charge on any atom is -0.365 e. The first kappa shape index (κ1) is 21.8. The zero-order valence-corrected chi connectivity index (χ0v) is 19.4. The van der Waals surface area contributed by atoms with E-state index in [0.29, 0.717) is 51.3 Å². The molecule has 1 atom stereocenters. The Kier molecular flexibility index (Phi) is 6.24. The molecule has 1 fully saturated rings. The number of carbonyl (C=O) groups excluding carboxylic acids is 2. The van der Waals surface area contributed by atoms with E-state index in [-0.39, 0.29) is 23.8 Å². The maximum absolute atomic E-state index is 13.1. The molecule has 1 unspecified atom stereocenters. The average Bonchev–Trinajstić information content (AvgIpc) is 3.52. The van der Waals surface area contributed by atoms with Crippen molar-refractivity contribution in [1.82, 2.24) is 25.2 Å². The Balaban J connectivity index is 1.17. The number of hydrogen-bond acceptors (Lipinski definition) is 6. The van der Waals surface area contributed by atoms with Gasteiger partial charge in [0.1, 0.15) is 6.10 Å². The van der Waals surface area contributed by atoms with Gasteiger partial charge in [-0.25, -0.2) is 4.68 Å². The molecule has 172 valence electrons. The van der Waals surface area contributed by atoms with E-state index in [1.807, 2.05) is 17.5 Å². The number of ether oxygens (including phenoxy) is 1. The molecule has 0 spiro atoms. The van der Waals surface area contributed by atoms with Gasteiger partial charge in [-0.2, -0.15) is 0 Å². The van der Waals surface area contributed by atoms with Crippen molar-refractivity contribution >= 4 is 23.2 Å². The molecular formula is C24H27N5O3S. The SMILES string of the molecule is Cc1ccc(C2Cn3nnc(C(=O)N4CCC(C(=O)NCc5cccs5)CC4)c3CO2)cc1. The standard InChI is InChI=1S/C24H27N5O3S/c1-16-4-6-17(7-5-16)21-14-29-20(15-32-21)22(26-27-29)24(31)28-10-8-18(9-11-28)23(30)25-13-19-3-2-12-33-19/h2-7,12,18,21H,8-11,13-15H2,1H3,(H,25,30). The summed E-state index contributed by atoms with van der Waals surface area (Å²) in [5.41, 5.74) is 3.37. The highest BCUT2D eigenvalue weighted by Gasteiger charge is 2.33. The van der Waals surface area contributed by atoms with Gasteiger partial charge in [0.05, 0.1) is 25.4 Å². The highest BCUT2D eigenvalue weighted by atomic mass is 32.1. The monoisotopic (exact) mass is 465 g/mol. The minimum atomic E-state index is -0.133. The van der Waals surface area contributed by atoms with Crippen LogP contribution < -0.4 is 5.32 Å². The molecule has 5 rings (SSSR count). The van der Waals surface area contributed by atoms with Crippen LogP contribution in [0.3, 0.4) is 0 Å². The van der Waals surface area contributed by atoms with Crippen molar-refractivity contribution in [3.8, 4) is 0 Å². The summed E-state index contributed by atoms with van der Waals surface area (Å²) in [5, 5.41) is 13.4. The lowest BCUT2D eigenvalue weighted by atomic mass is 9.95. The van der Waals surface area contributed by atoms with Gasteiger partial charge < -0.3 is 15.0 Å². The molecule has 1 saturated heterocycles. The van der Waals surface area contributed by atoms with Gasteiger partial charge in [-0.15, -0.1) is 16.4 Å². The van der Waals surface area contributed by atoms with E-state index in [1.54, 1.807) is 20.9 Å². The fraction of sp³-hybridized carbons (Fsp3) is 0.417. The van der Waals surface area contributed by atoms with Crippen LogP contribution in [-0.2, 0) is 29.2 Å². The molecule has 0 radical (unpaired) electrons. The fourth-order valence-corrected chi connectivity index (χ4v) is 5.03. The summed E-state index contributed by atoms with van der Waals surface area (Å²) in [5.74, 6) is -0.139. The van der Waals surface area contributed by atoms with Crippen LogP contribution >= 0.6 is 11.3 Å². The molecule has 2 aromatic heterocycles. The summed E-state index contributed by atoms with van der Waals surface area (Å²) >= 11 is 1.63. The molecule has 3 aromatic rings. The first-order valence-corrected chi connectivity index (χ1v) is 12.2. The van der Waals surface area contributed by atoms with E-state index in [9.17, 15) is 9.59 Å². The van der Waals surface area contributed by atoms with Crippen LogP contribution in [0.4, 0.5) is 0 Å². The second-order valence-electron chi connectivity index (χ2n) is 8.64. The zero-order chi connectivity index (χ0) is 22.8. The summed E-state index contributed by atoms with van der Waals surface area (Å²) in [4.78, 5) is 28.6. The van der Waals surface area contributed by atoms with Gasteiger partial charge >= 0.3 is 0 Å². The van der Waals surface area contributed by atoms with Crippen molar-refractivity contribution in [3.05, 3.63) is 69.2 Å². The average molecular weight is 466 g/mol. The number of aryl methyl sites for hydroxylation is 1. The second kappa shape index (κ2) is 9.44. The third kappa shape index (κ3) is 4.69. The molecule has 2 aliphatic rings.